The van der Waals surface area contributed by atoms with E-state index < -0.39 is 11.8 Å². The summed E-state index contributed by atoms with van der Waals surface area (Å²) < 4.78 is 3.44. The van der Waals surface area contributed by atoms with E-state index in [9.17, 15) is 19.2 Å². The van der Waals surface area contributed by atoms with Gasteiger partial charge < -0.3 is 0 Å². The molecule has 0 bridgehead atoms. The van der Waals surface area contributed by atoms with Gasteiger partial charge in [0.15, 0.2) is 0 Å². The molecule has 0 N–H and O–H groups in total. The Kier molecular flexibility index (Phi) is 11.9. The summed E-state index contributed by atoms with van der Waals surface area (Å²) in [7, 11) is 0. The third-order valence-electron chi connectivity index (χ3n) is 4.39. The molecule has 2 rings (SSSR count). The molecule has 2 heterocycles. The fraction of sp³-hybridized carbons (Fsp3) is 0.455. The fourth-order valence-corrected chi connectivity index (χ4v) is 12.1. The number of hydrogen-bond acceptors (Lipinski definition) is 12. The molecule has 0 atom stereocenters. The summed E-state index contributed by atoms with van der Waals surface area (Å²) in [5, 5.41) is 17.8. The summed E-state index contributed by atoms with van der Waals surface area (Å²) in [6.07, 6.45) is 0.689. The lowest BCUT2D eigenvalue weighted by Gasteiger charge is -2.13. The van der Waals surface area contributed by atoms with Crippen LogP contribution in [0.5, 0.6) is 0 Å². The molecule has 0 saturated heterocycles. The summed E-state index contributed by atoms with van der Waals surface area (Å²) in [4.78, 5) is 50.5. The molecule has 0 spiro atoms. The second-order valence-corrected chi connectivity index (χ2v) is 14.5. The number of ketones is 4. The standard InChI is InChI=1S/C22H22N2O4S6/c1-11(25)15(12(2)26)17-19(29-9-5-7-23)33-21(31-17)22-32-18(16(13(3)27)14(4)28)20(34-22)30-10-6-8-24/h15-16H,5-6,9-10H2,1-4H3/b22-21-. The first-order valence-electron chi connectivity index (χ1n) is 10.1. The fourth-order valence-electron chi connectivity index (χ4n) is 3.00. The average molecular weight is 571 g/mol. The van der Waals surface area contributed by atoms with Gasteiger partial charge in [0.1, 0.15) is 35.0 Å². The number of allylic oxidation sites excluding steroid dienone is 2. The second-order valence-electron chi connectivity index (χ2n) is 7.11. The number of hydrogen-bond donors (Lipinski definition) is 0. The molecular formula is C22H22N2O4S6. The van der Waals surface area contributed by atoms with Crippen molar-refractivity contribution in [3.05, 3.63) is 26.8 Å². The number of carbonyl (C=O) groups excluding carboxylic acids is 4. The average Bonchev–Trinajstić information content (AvgIpc) is 3.32. The van der Waals surface area contributed by atoms with E-state index in [4.69, 9.17) is 10.5 Å². The van der Waals surface area contributed by atoms with E-state index in [1.54, 1.807) is 0 Å². The van der Waals surface area contributed by atoms with E-state index >= 15 is 0 Å². The zero-order valence-electron chi connectivity index (χ0n) is 19.0. The zero-order valence-corrected chi connectivity index (χ0v) is 23.9. The maximum atomic E-state index is 12.3. The largest absolute Gasteiger partial charge is 0.299 e. The van der Waals surface area contributed by atoms with E-state index in [1.807, 2.05) is 0 Å². The highest BCUT2D eigenvalue weighted by Gasteiger charge is 2.39. The van der Waals surface area contributed by atoms with Crippen molar-refractivity contribution in [2.45, 2.75) is 40.5 Å². The summed E-state index contributed by atoms with van der Waals surface area (Å²) in [6, 6.07) is 4.21. The topological polar surface area (TPSA) is 116 Å². The second kappa shape index (κ2) is 13.9. The highest BCUT2D eigenvalue weighted by Crippen LogP contribution is 2.65. The van der Waals surface area contributed by atoms with Gasteiger partial charge in [0.05, 0.1) is 29.1 Å². The molecule has 2 aliphatic heterocycles. The van der Waals surface area contributed by atoms with Crippen molar-refractivity contribution in [1.29, 1.82) is 10.5 Å². The lowest BCUT2D eigenvalue weighted by atomic mass is 10.0. The Morgan fingerprint density at radius 2 is 1.00 bits per heavy atom. The molecule has 0 aromatic heterocycles. The molecule has 6 nitrogen and oxygen atoms in total. The first-order valence-corrected chi connectivity index (χ1v) is 15.3. The number of thioether (sulfide) groups is 6. The minimum absolute atomic E-state index is 0.230. The van der Waals surface area contributed by atoms with E-state index in [0.717, 1.165) is 16.9 Å². The normalized spacial score (nSPS) is 18.0. The first kappa shape index (κ1) is 29.2. The van der Waals surface area contributed by atoms with Crippen LogP contribution in [0.1, 0.15) is 40.5 Å². The Labute approximate surface area is 224 Å². The Balaban J connectivity index is 2.42. The Morgan fingerprint density at radius 3 is 1.26 bits per heavy atom. The molecule has 0 saturated carbocycles. The van der Waals surface area contributed by atoms with Crippen LogP contribution in [0.25, 0.3) is 0 Å². The minimum atomic E-state index is -0.851. The Morgan fingerprint density at radius 1 is 0.676 bits per heavy atom. The first-order chi connectivity index (χ1) is 16.1. The summed E-state index contributed by atoms with van der Waals surface area (Å²) >= 11 is 8.59. The molecular weight excluding hydrogens is 549 g/mol. The lowest BCUT2D eigenvalue weighted by molar-refractivity contribution is -0.130. The van der Waals surface area contributed by atoms with Crippen LogP contribution in [0.4, 0.5) is 0 Å². The van der Waals surface area contributed by atoms with E-state index in [2.05, 4.69) is 12.1 Å². The lowest BCUT2D eigenvalue weighted by Crippen LogP contribution is -2.20. The van der Waals surface area contributed by atoms with Gasteiger partial charge in [0.2, 0.25) is 0 Å². The minimum Gasteiger partial charge on any atom is -0.299 e. The van der Waals surface area contributed by atoms with Crippen LogP contribution in [0.3, 0.4) is 0 Å². The van der Waals surface area contributed by atoms with Gasteiger partial charge in [-0.1, -0.05) is 47.0 Å². The van der Waals surface area contributed by atoms with Gasteiger partial charge in [-0.2, -0.15) is 10.5 Å². The van der Waals surface area contributed by atoms with Crippen LogP contribution in [0.2, 0.25) is 0 Å². The molecule has 0 amide bonds. The monoisotopic (exact) mass is 570 g/mol. The van der Waals surface area contributed by atoms with Crippen molar-refractivity contribution in [1.82, 2.24) is 0 Å². The number of nitrogens with zero attached hydrogens (tertiary/aromatic N) is 2. The molecule has 0 aliphatic carbocycles. The maximum Gasteiger partial charge on any atom is 0.145 e. The van der Waals surface area contributed by atoms with E-state index in [-0.39, 0.29) is 23.1 Å². The molecule has 0 unspecified atom stereocenters. The van der Waals surface area contributed by atoms with Gasteiger partial charge in [-0.05, 0) is 27.7 Å². The van der Waals surface area contributed by atoms with Crippen LogP contribution in [0, 0.1) is 34.5 Å². The Hall–Kier alpha value is -1.02. The van der Waals surface area contributed by atoms with Crippen molar-refractivity contribution in [2.24, 2.45) is 11.8 Å². The number of rotatable bonds is 12. The van der Waals surface area contributed by atoms with E-state index in [0.29, 0.717) is 34.2 Å². The van der Waals surface area contributed by atoms with Crippen LogP contribution < -0.4 is 0 Å². The predicted octanol–water partition coefficient (Wildman–Crippen LogP) is 6.29. The SMILES string of the molecule is CC(=O)C(C(C)=O)C1=C(SCCC#N)S/C(=C2\SC(SCCC#N)=C(C(C(C)=O)C(C)=O)S2)S1. The van der Waals surface area contributed by atoms with Crippen molar-refractivity contribution in [3.8, 4) is 12.1 Å². The quantitative estimate of drug-likeness (QED) is 0.194. The smallest absolute Gasteiger partial charge is 0.145 e. The molecule has 2 aliphatic rings. The molecule has 0 fully saturated rings. The molecule has 34 heavy (non-hydrogen) atoms. The van der Waals surface area contributed by atoms with Gasteiger partial charge in [0, 0.05) is 34.2 Å². The molecule has 12 heteroatoms. The van der Waals surface area contributed by atoms with Gasteiger partial charge in [-0.3, -0.25) is 19.2 Å². The number of Topliss-reactive ketones (excluding diaryl/α,β-unsaturated/α-hetero) is 4. The molecule has 180 valence electrons. The Bertz CT molecular complexity index is 968. The van der Waals surface area contributed by atoms with Crippen molar-refractivity contribution >= 4 is 93.7 Å². The van der Waals surface area contributed by atoms with E-state index in [1.165, 1.54) is 98.3 Å². The summed E-state index contributed by atoms with van der Waals surface area (Å²) in [6.45, 7) is 5.61. The third kappa shape index (κ3) is 7.49. The highest BCUT2D eigenvalue weighted by molar-refractivity contribution is 8.40. The van der Waals surface area contributed by atoms with Gasteiger partial charge in [-0.25, -0.2) is 0 Å². The van der Waals surface area contributed by atoms with Crippen LogP contribution in [0.15, 0.2) is 26.8 Å². The molecule has 0 radical (unpaired) electrons. The van der Waals surface area contributed by atoms with Crippen LogP contribution in [-0.2, 0) is 19.2 Å². The molecule has 0 aromatic carbocycles. The third-order valence-corrected chi connectivity index (χ3v) is 13.1. The number of carbonyl (C=O) groups is 4. The zero-order chi connectivity index (χ0) is 25.4. The summed E-state index contributed by atoms with van der Waals surface area (Å²) in [5.41, 5.74) is 0. The maximum absolute atomic E-state index is 12.3. The number of nitriles is 2. The molecule has 0 aromatic rings. The predicted molar refractivity (Wildman–Crippen MR) is 147 cm³/mol. The van der Waals surface area contributed by atoms with Gasteiger partial charge in [-0.15, -0.1) is 23.5 Å². The van der Waals surface area contributed by atoms with Gasteiger partial charge >= 0.3 is 0 Å². The van der Waals surface area contributed by atoms with Gasteiger partial charge in [0.25, 0.3) is 0 Å². The van der Waals surface area contributed by atoms with Crippen LogP contribution >= 0.6 is 70.6 Å². The van der Waals surface area contributed by atoms with Crippen LogP contribution in [-0.4, -0.2) is 34.6 Å². The van der Waals surface area contributed by atoms with Crippen molar-refractivity contribution in [3.63, 3.8) is 0 Å². The summed E-state index contributed by atoms with van der Waals surface area (Å²) in [5.74, 6) is -1.53. The van der Waals surface area contributed by atoms with Crippen molar-refractivity contribution in [2.75, 3.05) is 11.5 Å². The van der Waals surface area contributed by atoms with Crippen molar-refractivity contribution < 1.29 is 19.2 Å². The highest BCUT2D eigenvalue weighted by atomic mass is 32.2.